The van der Waals surface area contributed by atoms with Gasteiger partial charge in [0.2, 0.25) is 5.91 Å². The molecule has 136 valence electrons. The van der Waals surface area contributed by atoms with E-state index in [-0.39, 0.29) is 25.0 Å². The van der Waals surface area contributed by atoms with Crippen LogP contribution in [0.15, 0.2) is 28.7 Å². The summed E-state index contributed by atoms with van der Waals surface area (Å²) in [6.45, 7) is -0.396. The molecule has 3 N–H and O–H groups in total. The number of hydrogen-bond acceptors (Lipinski definition) is 4. The van der Waals surface area contributed by atoms with E-state index in [9.17, 15) is 14.4 Å². The fourth-order valence-electron chi connectivity index (χ4n) is 2.60. The van der Waals surface area contributed by atoms with Crippen LogP contribution in [0.4, 0.5) is 0 Å². The first-order valence-electron chi connectivity index (χ1n) is 8.28. The number of hydrazine groups is 1. The molecule has 2 rings (SSSR count). The van der Waals surface area contributed by atoms with Crippen LogP contribution in [0.3, 0.4) is 0 Å². The lowest BCUT2D eigenvalue weighted by Crippen LogP contribution is -2.48. The Morgan fingerprint density at radius 3 is 2.52 bits per heavy atom. The molecule has 25 heavy (non-hydrogen) atoms. The van der Waals surface area contributed by atoms with Crippen LogP contribution in [0.5, 0.6) is 5.75 Å². The van der Waals surface area contributed by atoms with E-state index < -0.39 is 11.8 Å². The number of hydrogen-bond donors (Lipinski definition) is 3. The van der Waals surface area contributed by atoms with Gasteiger partial charge in [-0.1, -0.05) is 41.3 Å². The lowest BCUT2D eigenvalue weighted by atomic mass is 9.89. The van der Waals surface area contributed by atoms with Gasteiger partial charge in [-0.15, -0.1) is 0 Å². The maximum Gasteiger partial charge on any atom is 0.276 e. The molecule has 0 radical (unpaired) electrons. The number of carbonyl (C=O) groups is 3. The van der Waals surface area contributed by atoms with E-state index >= 15 is 0 Å². The smallest absolute Gasteiger partial charge is 0.276 e. The zero-order valence-electron chi connectivity index (χ0n) is 13.8. The third-order valence-electron chi connectivity index (χ3n) is 3.91. The number of amides is 3. The van der Waals surface area contributed by atoms with Crippen LogP contribution in [0.1, 0.15) is 32.1 Å². The molecule has 0 unspecified atom stereocenters. The second kappa shape index (κ2) is 10.0. The molecule has 0 bridgehead atoms. The van der Waals surface area contributed by atoms with Crippen LogP contribution >= 0.6 is 15.9 Å². The highest BCUT2D eigenvalue weighted by Gasteiger charge is 2.21. The molecule has 1 aromatic carbocycles. The molecule has 1 aromatic rings. The van der Waals surface area contributed by atoms with Gasteiger partial charge < -0.3 is 10.1 Å². The lowest BCUT2D eigenvalue weighted by Gasteiger charge is -2.20. The van der Waals surface area contributed by atoms with Gasteiger partial charge in [0.1, 0.15) is 5.75 Å². The van der Waals surface area contributed by atoms with E-state index in [0.29, 0.717) is 5.75 Å². The Morgan fingerprint density at radius 1 is 1.08 bits per heavy atom. The number of rotatable bonds is 6. The second-order valence-electron chi connectivity index (χ2n) is 5.90. The van der Waals surface area contributed by atoms with Crippen molar-refractivity contribution in [2.24, 2.45) is 5.92 Å². The van der Waals surface area contributed by atoms with Crippen molar-refractivity contribution in [1.29, 1.82) is 0 Å². The highest BCUT2D eigenvalue weighted by molar-refractivity contribution is 9.10. The summed E-state index contributed by atoms with van der Waals surface area (Å²) in [5.74, 6) is -0.545. The molecule has 0 spiro atoms. The SMILES string of the molecule is O=C(CNC(=O)C1CCCCC1)NNC(=O)COc1cccc(Br)c1. The van der Waals surface area contributed by atoms with Crippen molar-refractivity contribution in [3.8, 4) is 5.75 Å². The topological polar surface area (TPSA) is 96.5 Å². The van der Waals surface area contributed by atoms with E-state index in [4.69, 9.17) is 4.74 Å². The van der Waals surface area contributed by atoms with Crippen molar-refractivity contribution in [1.82, 2.24) is 16.2 Å². The van der Waals surface area contributed by atoms with Crippen molar-refractivity contribution in [2.75, 3.05) is 13.2 Å². The molecule has 1 fully saturated rings. The van der Waals surface area contributed by atoms with Gasteiger partial charge in [-0.25, -0.2) is 0 Å². The quantitative estimate of drug-likeness (QED) is 0.620. The minimum absolute atomic E-state index is 0.00487. The minimum Gasteiger partial charge on any atom is -0.484 e. The maximum atomic E-state index is 11.9. The average molecular weight is 412 g/mol. The maximum absolute atomic E-state index is 11.9. The number of halogens is 1. The Morgan fingerprint density at radius 2 is 1.80 bits per heavy atom. The van der Waals surface area contributed by atoms with Gasteiger partial charge in [0.25, 0.3) is 11.8 Å². The summed E-state index contributed by atoms with van der Waals surface area (Å²) in [5.41, 5.74) is 4.49. The Labute approximate surface area is 155 Å². The molecule has 1 aliphatic carbocycles. The largest absolute Gasteiger partial charge is 0.484 e. The first-order chi connectivity index (χ1) is 12.0. The molecule has 1 aliphatic rings. The van der Waals surface area contributed by atoms with Gasteiger partial charge in [-0.2, -0.15) is 0 Å². The fraction of sp³-hybridized carbons (Fsp3) is 0.471. The second-order valence-corrected chi connectivity index (χ2v) is 6.81. The van der Waals surface area contributed by atoms with Crippen LogP contribution in [-0.2, 0) is 14.4 Å². The fourth-order valence-corrected chi connectivity index (χ4v) is 2.98. The predicted octanol–water partition coefficient (Wildman–Crippen LogP) is 1.67. The van der Waals surface area contributed by atoms with E-state index in [1.807, 2.05) is 6.07 Å². The molecule has 1 saturated carbocycles. The Hall–Kier alpha value is -2.09. The molecule has 0 atom stereocenters. The summed E-state index contributed by atoms with van der Waals surface area (Å²) in [7, 11) is 0. The first-order valence-corrected chi connectivity index (χ1v) is 9.07. The zero-order chi connectivity index (χ0) is 18.1. The van der Waals surface area contributed by atoms with Crippen molar-refractivity contribution >= 4 is 33.7 Å². The molecular formula is C17H22BrN3O4. The molecule has 0 aliphatic heterocycles. The average Bonchev–Trinajstić information content (AvgIpc) is 2.63. The van der Waals surface area contributed by atoms with Gasteiger partial charge in [0, 0.05) is 10.4 Å². The molecule has 0 heterocycles. The summed E-state index contributed by atoms with van der Waals surface area (Å²) in [6, 6.07) is 7.08. The van der Waals surface area contributed by atoms with E-state index in [2.05, 4.69) is 32.1 Å². The molecule has 3 amide bonds. The molecular weight excluding hydrogens is 390 g/mol. The summed E-state index contributed by atoms with van der Waals surface area (Å²) >= 11 is 3.30. The summed E-state index contributed by atoms with van der Waals surface area (Å²) < 4.78 is 6.14. The molecule has 0 aromatic heterocycles. The molecule has 7 nitrogen and oxygen atoms in total. The first kappa shape index (κ1) is 19.2. The predicted molar refractivity (Wildman–Crippen MR) is 95.5 cm³/mol. The molecule has 8 heteroatoms. The molecule has 0 saturated heterocycles. The summed E-state index contributed by atoms with van der Waals surface area (Å²) in [5, 5.41) is 2.60. The summed E-state index contributed by atoms with van der Waals surface area (Å²) in [4.78, 5) is 35.2. The van der Waals surface area contributed by atoms with Gasteiger partial charge >= 0.3 is 0 Å². The van der Waals surface area contributed by atoms with Crippen LogP contribution in [0.2, 0.25) is 0 Å². The van der Waals surface area contributed by atoms with Gasteiger partial charge in [-0.3, -0.25) is 25.2 Å². The van der Waals surface area contributed by atoms with E-state index in [1.54, 1.807) is 18.2 Å². The number of benzene rings is 1. The number of carbonyl (C=O) groups excluding carboxylic acids is 3. The van der Waals surface area contributed by atoms with Gasteiger partial charge in [0.15, 0.2) is 6.61 Å². The summed E-state index contributed by atoms with van der Waals surface area (Å²) in [6.07, 6.45) is 5.02. The minimum atomic E-state index is -0.494. The van der Waals surface area contributed by atoms with E-state index in [0.717, 1.165) is 36.6 Å². The van der Waals surface area contributed by atoms with E-state index in [1.165, 1.54) is 0 Å². The third kappa shape index (κ3) is 7.13. The Kier molecular flexibility index (Phi) is 7.72. The van der Waals surface area contributed by atoms with Crippen molar-refractivity contribution < 1.29 is 19.1 Å². The van der Waals surface area contributed by atoms with Crippen LogP contribution in [0, 0.1) is 5.92 Å². The number of nitrogens with one attached hydrogen (secondary N) is 3. The number of ether oxygens (including phenoxy) is 1. The van der Waals surface area contributed by atoms with Crippen molar-refractivity contribution in [2.45, 2.75) is 32.1 Å². The zero-order valence-corrected chi connectivity index (χ0v) is 15.4. The Bertz CT molecular complexity index is 618. The van der Waals surface area contributed by atoms with Crippen LogP contribution in [0.25, 0.3) is 0 Å². The Balaban J connectivity index is 1.60. The van der Waals surface area contributed by atoms with Crippen LogP contribution in [-0.4, -0.2) is 30.9 Å². The highest BCUT2D eigenvalue weighted by atomic mass is 79.9. The monoisotopic (exact) mass is 411 g/mol. The van der Waals surface area contributed by atoms with Crippen molar-refractivity contribution in [3.05, 3.63) is 28.7 Å². The normalized spacial score (nSPS) is 14.4. The van der Waals surface area contributed by atoms with Crippen LogP contribution < -0.4 is 20.9 Å². The highest BCUT2D eigenvalue weighted by Crippen LogP contribution is 2.23. The van der Waals surface area contributed by atoms with Gasteiger partial charge in [-0.05, 0) is 31.0 Å². The third-order valence-corrected chi connectivity index (χ3v) is 4.40. The van der Waals surface area contributed by atoms with Gasteiger partial charge in [0.05, 0.1) is 6.54 Å². The standard InChI is InChI=1S/C17H22BrN3O4/c18-13-7-4-8-14(9-13)25-11-16(23)21-20-15(22)10-19-17(24)12-5-2-1-3-6-12/h4,7-9,12H,1-3,5-6,10-11H2,(H,19,24)(H,20,22)(H,21,23). The lowest BCUT2D eigenvalue weighted by molar-refractivity contribution is -0.131. The van der Waals surface area contributed by atoms with Crippen molar-refractivity contribution in [3.63, 3.8) is 0 Å².